The van der Waals surface area contributed by atoms with E-state index in [0.29, 0.717) is 31.2 Å². The van der Waals surface area contributed by atoms with Gasteiger partial charge in [-0.3, -0.25) is 4.79 Å². The molecule has 1 aliphatic rings. The number of benzene rings is 1. The number of rotatable bonds is 6. The van der Waals surface area contributed by atoms with Crippen molar-refractivity contribution in [2.24, 2.45) is 5.92 Å². The van der Waals surface area contributed by atoms with Gasteiger partial charge in [0.25, 0.3) is 0 Å². The van der Waals surface area contributed by atoms with Crippen molar-refractivity contribution >= 4 is 12.0 Å². The van der Waals surface area contributed by atoms with Crippen LogP contribution in [0.15, 0.2) is 18.2 Å². The number of hydrogen-bond donors (Lipinski definition) is 3. The van der Waals surface area contributed by atoms with E-state index < -0.39 is 18.6 Å². The molecule has 1 aromatic carbocycles. The van der Waals surface area contributed by atoms with Gasteiger partial charge in [-0.05, 0) is 38.7 Å². The molecule has 2 amide bonds. The molecule has 0 atom stereocenters. The maximum absolute atomic E-state index is 12.4. The van der Waals surface area contributed by atoms with Gasteiger partial charge in [0.15, 0.2) is 0 Å². The highest BCUT2D eigenvalue weighted by Crippen LogP contribution is 2.24. The van der Waals surface area contributed by atoms with Crippen LogP contribution in [0, 0.1) is 12.8 Å². The Morgan fingerprint density at radius 2 is 1.96 bits per heavy atom. The van der Waals surface area contributed by atoms with Gasteiger partial charge in [0.2, 0.25) is 0 Å². The minimum absolute atomic E-state index is 0.0304. The molecule has 138 valence electrons. The van der Waals surface area contributed by atoms with E-state index in [1.807, 2.05) is 6.92 Å². The Morgan fingerprint density at radius 1 is 1.28 bits per heavy atom. The van der Waals surface area contributed by atoms with Crippen LogP contribution in [-0.2, 0) is 11.3 Å². The lowest BCUT2D eigenvalue weighted by atomic mass is 9.86. The van der Waals surface area contributed by atoms with Crippen LogP contribution >= 0.6 is 0 Å². The highest BCUT2D eigenvalue weighted by molar-refractivity contribution is 5.74. The van der Waals surface area contributed by atoms with Gasteiger partial charge in [0, 0.05) is 18.2 Å². The van der Waals surface area contributed by atoms with Gasteiger partial charge in [-0.2, -0.15) is 8.78 Å². The van der Waals surface area contributed by atoms with Gasteiger partial charge in [0.1, 0.15) is 5.75 Å². The Kier molecular flexibility index (Phi) is 6.55. The van der Waals surface area contributed by atoms with E-state index in [1.165, 1.54) is 6.07 Å². The number of alkyl halides is 2. The van der Waals surface area contributed by atoms with Gasteiger partial charge in [-0.1, -0.05) is 17.7 Å². The number of carbonyl (C=O) groups is 2. The minimum atomic E-state index is -2.93. The second-order valence-electron chi connectivity index (χ2n) is 6.20. The maximum atomic E-state index is 12.4. The minimum Gasteiger partial charge on any atom is -0.481 e. The molecule has 1 aliphatic carbocycles. The number of ether oxygens (including phenoxy) is 1. The third kappa shape index (κ3) is 5.88. The molecule has 0 aromatic heterocycles. The van der Waals surface area contributed by atoms with Crippen LogP contribution < -0.4 is 15.4 Å². The molecule has 1 saturated carbocycles. The Hall–Kier alpha value is -2.38. The van der Waals surface area contributed by atoms with Crippen molar-refractivity contribution in [1.29, 1.82) is 0 Å². The van der Waals surface area contributed by atoms with Gasteiger partial charge in [-0.25, -0.2) is 4.79 Å². The summed E-state index contributed by atoms with van der Waals surface area (Å²) in [6, 6.07) is 4.29. The molecule has 25 heavy (non-hydrogen) atoms. The van der Waals surface area contributed by atoms with Crippen molar-refractivity contribution in [3.8, 4) is 5.75 Å². The van der Waals surface area contributed by atoms with E-state index >= 15 is 0 Å². The molecule has 6 nitrogen and oxygen atoms in total. The highest BCUT2D eigenvalue weighted by Gasteiger charge is 2.26. The molecule has 1 aromatic rings. The molecule has 0 bridgehead atoms. The van der Waals surface area contributed by atoms with Crippen molar-refractivity contribution in [2.75, 3.05) is 0 Å². The van der Waals surface area contributed by atoms with Crippen molar-refractivity contribution in [3.05, 3.63) is 29.3 Å². The van der Waals surface area contributed by atoms with Crippen LogP contribution in [0.25, 0.3) is 0 Å². The third-order valence-electron chi connectivity index (χ3n) is 4.28. The number of carboxylic acids is 1. The van der Waals surface area contributed by atoms with E-state index in [-0.39, 0.29) is 24.3 Å². The van der Waals surface area contributed by atoms with Crippen LogP contribution in [0.5, 0.6) is 5.75 Å². The van der Waals surface area contributed by atoms with Crippen LogP contribution in [0.2, 0.25) is 0 Å². The zero-order chi connectivity index (χ0) is 18.4. The van der Waals surface area contributed by atoms with Gasteiger partial charge in [-0.15, -0.1) is 0 Å². The van der Waals surface area contributed by atoms with E-state index in [0.717, 1.165) is 5.56 Å². The van der Waals surface area contributed by atoms with Crippen LogP contribution in [-0.4, -0.2) is 29.8 Å². The summed E-state index contributed by atoms with van der Waals surface area (Å²) >= 11 is 0. The summed E-state index contributed by atoms with van der Waals surface area (Å²) in [6.07, 6.45) is 2.28. The first kappa shape index (κ1) is 19.0. The number of urea groups is 1. The predicted molar refractivity (Wildman–Crippen MR) is 86.6 cm³/mol. The standard InChI is InChI=1S/C17H22F2N2O4/c1-10-2-7-14(25-16(18)19)12(8-10)9-20-17(24)21-13-5-3-11(4-6-13)15(22)23/h2,7-8,11,13,16H,3-6,9H2,1H3,(H,22,23)(H2,20,21,24). The molecule has 0 heterocycles. The average Bonchev–Trinajstić information content (AvgIpc) is 2.55. The molecule has 0 spiro atoms. The zero-order valence-electron chi connectivity index (χ0n) is 13.9. The smallest absolute Gasteiger partial charge is 0.387 e. The summed E-state index contributed by atoms with van der Waals surface area (Å²) in [5, 5.41) is 14.4. The molecule has 0 unspecified atom stereocenters. The summed E-state index contributed by atoms with van der Waals surface area (Å²) in [5.41, 5.74) is 1.33. The van der Waals surface area contributed by atoms with Gasteiger partial charge >= 0.3 is 18.6 Å². The fourth-order valence-electron chi connectivity index (χ4n) is 2.95. The number of nitrogens with one attached hydrogen (secondary N) is 2. The number of aryl methyl sites for hydroxylation is 1. The van der Waals surface area contributed by atoms with Crippen molar-refractivity contribution in [1.82, 2.24) is 10.6 Å². The molecule has 0 aliphatic heterocycles. The fourth-order valence-corrected chi connectivity index (χ4v) is 2.95. The maximum Gasteiger partial charge on any atom is 0.387 e. The first-order valence-electron chi connectivity index (χ1n) is 8.16. The summed E-state index contributed by atoms with van der Waals surface area (Å²) < 4.78 is 29.3. The lowest BCUT2D eigenvalue weighted by Crippen LogP contribution is -2.43. The molecule has 0 radical (unpaired) electrons. The van der Waals surface area contributed by atoms with Crippen LogP contribution in [0.1, 0.15) is 36.8 Å². The first-order valence-corrected chi connectivity index (χ1v) is 8.16. The monoisotopic (exact) mass is 356 g/mol. The molecule has 3 N–H and O–H groups in total. The number of amides is 2. The van der Waals surface area contributed by atoms with Crippen molar-refractivity contribution < 1.29 is 28.2 Å². The zero-order valence-corrected chi connectivity index (χ0v) is 13.9. The molecule has 1 fully saturated rings. The largest absolute Gasteiger partial charge is 0.481 e. The van der Waals surface area contributed by atoms with Crippen LogP contribution in [0.4, 0.5) is 13.6 Å². The van der Waals surface area contributed by atoms with Crippen molar-refractivity contribution in [3.63, 3.8) is 0 Å². The van der Waals surface area contributed by atoms with Gasteiger partial charge in [0.05, 0.1) is 5.92 Å². The first-order chi connectivity index (χ1) is 11.8. The molecule has 0 saturated heterocycles. The van der Waals surface area contributed by atoms with E-state index in [2.05, 4.69) is 15.4 Å². The lowest BCUT2D eigenvalue weighted by Gasteiger charge is -2.26. The van der Waals surface area contributed by atoms with E-state index in [9.17, 15) is 18.4 Å². The molecule has 8 heteroatoms. The summed E-state index contributed by atoms with van der Waals surface area (Å²) in [6.45, 7) is -1.06. The van der Waals surface area contributed by atoms with Crippen LogP contribution in [0.3, 0.4) is 0 Å². The molecular weight excluding hydrogens is 334 g/mol. The Labute approximate surface area is 144 Å². The Bertz CT molecular complexity index is 617. The molecule has 2 rings (SSSR count). The third-order valence-corrected chi connectivity index (χ3v) is 4.28. The topological polar surface area (TPSA) is 87.7 Å². The number of halogens is 2. The number of hydrogen-bond acceptors (Lipinski definition) is 3. The van der Waals surface area contributed by atoms with Crippen molar-refractivity contribution in [2.45, 2.75) is 51.8 Å². The van der Waals surface area contributed by atoms with E-state index in [1.54, 1.807) is 12.1 Å². The average molecular weight is 356 g/mol. The predicted octanol–water partition coefficient (Wildman–Crippen LogP) is 3.04. The highest BCUT2D eigenvalue weighted by atomic mass is 19.3. The summed E-state index contributed by atoms with van der Waals surface area (Å²) in [4.78, 5) is 22.9. The van der Waals surface area contributed by atoms with E-state index in [4.69, 9.17) is 5.11 Å². The number of carbonyl (C=O) groups excluding carboxylic acids is 1. The lowest BCUT2D eigenvalue weighted by molar-refractivity contribution is -0.142. The Balaban J connectivity index is 1.84. The normalized spacial score (nSPS) is 20.2. The quantitative estimate of drug-likeness (QED) is 0.731. The molecular formula is C17H22F2N2O4. The summed E-state index contributed by atoms with van der Waals surface area (Å²) in [5.74, 6) is -1.11. The summed E-state index contributed by atoms with van der Waals surface area (Å²) in [7, 11) is 0. The second kappa shape index (κ2) is 8.64. The fraction of sp³-hybridized carbons (Fsp3) is 0.529. The Morgan fingerprint density at radius 3 is 2.56 bits per heavy atom. The number of aliphatic carboxylic acids is 1. The SMILES string of the molecule is Cc1ccc(OC(F)F)c(CNC(=O)NC2CCC(C(=O)O)CC2)c1. The number of carboxylic acid groups (broad SMARTS) is 1. The van der Waals surface area contributed by atoms with Gasteiger partial charge < -0.3 is 20.5 Å². The second-order valence-corrected chi connectivity index (χ2v) is 6.20.